The van der Waals surface area contributed by atoms with Crippen LogP contribution >= 0.6 is 35.4 Å². The summed E-state index contributed by atoms with van der Waals surface area (Å²) in [6, 6.07) is 0. The molecular weight excluding hydrogens is 378 g/mol. The molecular formula is C13H30O2P2S4. The predicted octanol–water partition coefficient (Wildman–Crippen LogP) is 6.33. The lowest BCUT2D eigenvalue weighted by Gasteiger charge is -2.26. The summed E-state index contributed by atoms with van der Waals surface area (Å²) in [7, 11) is 0. The minimum absolute atomic E-state index is 0.511. The second-order valence-corrected chi connectivity index (χ2v) is 18.6. The van der Waals surface area contributed by atoms with Gasteiger partial charge in [-0.2, -0.15) is 0 Å². The van der Waals surface area contributed by atoms with Gasteiger partial charge in [0.15, 0.2) is 0 Å². The molecule has 0 amide bonds. The van der Waals surface area contributed by atoms with Gasteiger partial charge in [0.1, 0.15) is 10.9 Å². The van der Waals surface area contributed by atoms with Crippen molar-refractivity contribution in [1.29, 1.82) is 0 Å². The third kappa shape index (κ3) is 11.2. The van der Waals surface area contributed by atoms with Crippen molar-refractivity contribution in [2.75, 3.05) is 19.1 Å². The number of hydrogen-bond acceptors (Lipinski definition) is 4. The van der Waals surface area contributed by atoms with E-state index in [1.165, 1.54) is 0 Å². The average Bonchev–Trinajstić information content (AvgIpc) is 2.39. The lowest BCUT2D eigenvalue weighted by molar-refractivity contribution is 0.262. The van der Waals surface area contributed by atoms with Gasteiger partial charge in [-0.1, -0.05) is 77.0 Å². The average molecular weight is 409 g/mol. The van der Waals surface area contributed by atoms with Crippen LogP contribution in [0.4, 0.5) is 0 Å². The van der Waals surface area contributed by atoms with E-state index in [1.54, 1.807) is 0 Å². The maximum atomic E-state index is 5.89. The first kappa shape index (κ1) is 22.9. The smallest absolute Gasteiger partial charge is 0.124 e. The highest BCUT2D eigenvalue weighted by atomic mass is 32.9. The first-order valence-corrected chi connectivity index (χ1v) is 15.7. The van der Waals surface area contributed by atoms with Crippen molar-refractivity contribution < 1.29 is 9.05 Å². The third-order valence-electron chi connectivity index (χ3n) is 3.69. The topological polar surface area (TPSA) is 18.5 Å². The molecule has 0 aliphatic carbocycles. The molecule has 0 aliphatic heterocycles. The summed E-state index contributed by atoms with van der Waals surface area (Å²) >= 11 is 20.2. The summed E-state index contributed by atoms with van der Waals surface area (Å²) in [5, 5.41) is 0. The maximum absolute atomic E-state index is 5.89. The second kappa shape index (κ2) is 11.5. The van der Waals surface area contributed by atoms with E-state index in [2.05, 4.69) is 52.2 Å². The highest BCUT2D eigenvalue weighted by molar-refractivity contribution is 8.69. The Morgan fingerprint density at radius 1 is 0.762 bits per heavy atom. The molecule has 0 heterocycles. The Hall–Kier alpha value is 1.92. The van der Waals surface area contributed by atoms with E-state index in [4.69, 9.17) is 32.7 Å². The minimum atomic E-state index is -2.20. The number of hydrogen-bond donors (Lipinski definition) is 2. The normalized spacial score (nSPS) is 17.9. The molecule has 0 aliphatic rings. The van der Waals surface area contributed by atoms with E-state index < -0.39 is 10.9 Å². The van der Waals surface area contributed by atoms with E-state index in [0.29, 0.717) is 31.0 Å². The van der Waals surface area contributed by atoms with Gasteiger partial charge in [0.05, 0.1) is 19.1 Å². The zero-order chi connectivity index (χ0) is 16.5. The predicted molar refractivity (Wildman–Crippen MR) is 111 cm³/mol. The van der Waals surface area contributed by atoms with Gasteiger partial charge in [0.25, 0.3) is 0 Å². The minimum Gasteiger partial charge on any atom is -0.341 e. The highest BCUT2D eigenvalue weighted by Gasteiger charge is 2.25. The van der Waals surface area contributed by atoms with Crippen LogP contribution in [0.1, 0.15) is 53.4 Å². The van der Waals surface area contributed by atoms with Crippen LogP contribution in [0.15, 0.2) is 0 Å². The van der Waals surface area contributed by atoms with Gasteiger partial charge < -0.3 is 9.05 Å². The van der Waals surface area contributed by atoms with Gasteiger partial charge in [-0.05, 0) is 11.8 Å². The molecule has 0 saturated carbocycles. The van der Waals surface area contributed by atoms with Crippen molar-refractivity contribution >= 4 is 59.0 Å². The molecule has 2 atom stereocenters. The largest absolute Gasteiger partial charge is 0.341 e. The molecule has 0 fully saturated rings. The maximum Gasteiger partial charge on any atom is 0.124 e. The first-order chi connectivity index (χ1) is 9.69. The molecule has 0 bridgehead atoms. The van der Waals surface area contributed by atoms with E-state index in [-0.39, 0.29) is 0 Å². The van der Waals surface area contributed by atoms with Crippen LogP contribution in [-0.2, 0) is 32.7 Å². The number of rotatable bonds is 12. The lowest BCUT2D eigenvalue weighted by Crippen LogP contribution is -2.08. The van der Waals surface area contributed by atoms with Crippen LogP contribution in [0.2, 0.25) is 0 Å². The molecule has 128 valence electrons. The van der Waals surface area contributed by atoms with E-state index in [9.17, 15) is 0 Å². The summed E-state index contributed by atoms with van der Waals surface area (Å²) in [5.74, 6) is 1.60. The van der Waals surface area contributed by atoms with E-state index >= 15 is 0 Å². The van der Waals surface area contributed by atoms with Crippen LogP contribution < -0.4 is 0 Å². The Bertz CT molecular complexity index is 337. The Morgan fingerprint density at radius 2 is 1.05 bits per heavy atom. The molecule has 0 aromatic carbocycles. The lowest BCUT2D eigenvalue weighted by atomic mass is 10.1. The van der Waals surface area contributed by atoms with Crippen molar-refractivity contribution in [2.24, 2.45) is 11.8 Å². The van der Waals surface area contributed by atoms with Crippen molar-refractivity contribution in [3.05, 3.63) is 0 Å². The van der Waals surface area contributed by atoms with E-state index in [1.807, 2.05) is 0 Å². The first-order valence-electron chi connectivity index (χ1n) is 7.62. The van der Waals surface area contributed by atoms with Crippen LogP contribution in [0.5, 0.6) is 0 Å². The van der Waals surface area contributed by atoms with Gasteiger partial charge in [0, 0.05) is 0 Å². The van der Waals surface area contributed by atoms with Crippen LogP contribution in [0.25, 0.3) is 0 Å². The quantitative estimate of drug-likeness (QED) is 0.290. The Labute approximate surface area is 152 Å². The van der Waals surface area contributed by atoms with Gasteiger partial charge in [-0.3, -0.25) is 0 Å². The summed E-state index contributed by atoms with van der Waals surface area (Å²) < 4.78 is 11.8. The monoisotopic (exact) mass is 408 g/mol. The molecule has 0 radical (unpaired) electrons. The molecule has 0 N–H and O–H groups in total. The molecule has 0 spiro atoms. The molecule has 2 nitrogen and oxygen atoms in total. The second-order valence-electron chi connectivity index (χ2n) is 5.37. The van der Waals surface area contributed by atoms with Crippen LogP contribution in [0.3, 0.4) is 0 Å². The van der Waals surface area contributed by atoms with Gasteiger partial charge in [0.2, 0.25) is 0 Å². The van der Waals surface area contributed by atoms with Crippen molar-refractivity contribution in [3.8, 4) is 0 Å². The Balaban J connectivity index is 4.40. The molecule has 8 heteroatoms. The van der Waals surface area contributed by atoms with Crippen molar-refractivity contribution in [1.82, 2.24) is 0 Å². The molecule has 21 heavy (non-hydrogen) atoms. The van der Waals surface area contributed by atoms with Crippen LogP contribution in [0, 0.1) is 11.8 Å². The highest BCUT2D eigenvalue weighted by Crippen LogP contribution is 2.68. The van der Waals surface area contributed by atoms with Gasteiger partial charge in [-0.25, -0.2) is 0 Å². The number of thiol groups is 2. The molecule has 2 unspecified atom stereocenters. The summed E-state index contributed by atoms with van der Waals surface area (Å²) in [5.41, 5.74) is -4.40. The molecule has 0 saturated heterocycles. The van der Waals surface area contributed by atoms with Crippen molar-refractivity contribution in [2.45, 2.75) is 53.4 Å². The molecule has 0 rings (SSSR count). The van der Waals surface area contributed by atoms with Crippen molar-refractivity contribution in [3.63, 3.8) is 0 Å². The fourth-order valence-electron chi connectivity index (χ4n) is 1.80. The SMILES string of the molecule is CCC(CC)COP(=S)(S)CP(=S)(S)OCC(CC)CC. The molecule has 0 aromatic rings. The zero-order valence-corrected chi connectivity index (χ0v) is 18.7. The molecule has 0 aromatic heterocycles. The Kier molecular flexibility index (Phi) is 12.5. The summed E-state index contributed by atoms with van der Waals surface area (Å²) in [6.45, 7) is 10.0. The fraction of sp³-hybridized carbons (Fsp3) is 1.00. The zero-order valence-electron chi connectivity index (χ0n) is 13.5. The van der Waals surface area contributed by atoms with Gasteiger partial charge in [-0.15, -0.1) is 24.5 Å². The Morgan fingerprint density at radius 3 is 1.29 bits per heavy atom. The van der Waals surface area contributed by atoms with E-state index in [0.717, 1.165) is 25.7 Å². The standard InChI is InChI=1S/C13H30O2P2S4/c1-5-12(6-2)9-14-16(18,19)11-17(20,21)15-10-13(7-3)8-4/h12-13H,5-11H2,1-4H3,(H,18,19)(H,20,21). The third-order valence-corrected chi connectivity index (χ3v) is 13.3. The van der Waals surface area contributed by atoms with Crippen LogP contribution in [-0.4, -0.2) is 19.1 Å². The fourth-order valence-corrected chi connectivity index (χ4v) is 15.1. The summed E-state index contributed by atoms with van der Waals surface area (Å²) in [6.07, 6.45) is 4.39. The van der Waals surface area contributed by atoms with Gasteiger partial charge >= 0.3 is 0 Å². The summed E-state index contributed by atoms with van der Waals surface area (Å²) in [4.78, 5) is 0.